The van der Waals surface area contributed by atoms with E-state index in [1.807, 2.05) is 35.6 Å². The molecule has 160 valence electrons. The van der Waals surface area contributed by atoms with Crippen LogP contribution in [-0.2, 0) is 16.0 Å². The Morgan fingerprint density at radius 3 is 2.40 bits per heavy atom. The number of nitrogens with one attached hydrogen (secondary N) is 2. The molecular formula is C18H22N6O6. The zero-order chi connectivity index (χ0) is 22.3. The second-order valence-corrected chi connectivity index (χ2v) is 6.39. The van der Waals surface area contributed by atoms with Gasteiger partial charge in [-0.1, -0.05) is 42.1 Å². The number of nitrogens with two attached hydrogens (primary N) is 2. The molecule has 1 heterocycles. The quantitative estimate of drug-likeness (QED) is 0.288. The van der Waals surface area contributed by atoms with E-state index in [2.05, 4.69) is 22.0 Å². The number of rotatable bonds is 10. The van der Waals surface area contributed by atoms with Gasteiger partial charge >= 0.3 is 12.0 Å². The molecule has 12 nitrogen and oxygen atoms in total. The molecule has 0 saturated heterocycles. The molecule has 0 aliphatic rings. The normalized spacial score (nSPS) is 13.6. The first-order valence-electron chi connectivity index (χ1n) is 8.76. The van der Waals surface area contributed by atoms with Crippen molar-refractivity contribution in [2.75, 3.05) is 0 Å². The average molecular weight is 418 g/mol. The second kappa shape index (κ2) is 10.0. The van der Waals surface area contributed by atoms with Gasteiger partial charge < -0.3 is 36.8 Å². The van der Waals surface area contributed by atoms with Crippen molar-refractivity contribution in [2.24, 2.45) is 11.5 Å². The number of primary amides is 1. The van der Waals surface area contributed by atoms with Gasteiger partial charge in [-0.05, 0) is 12.0 Å². The molecule has 3 atom stereocenters. The van der Waals surface area contributed by atoms with Crippen molar-refractivity contribution in [2.45, 2.75) is 31.0 Å². The Bertz CT molecular complexity index is 901. The summed E-state index contributed by atoms with van der Waals surface area (Å²) in [6, 6.07) is 4.83. The van der Waals surface area contributed by atoms with Gasteiger partial charge in [0.2, 0.25) is 11.8 Å². The van der Waals surface area contributed by atoms with Crippen molar-refractivity contribution < 1.29 is 29.1 Å². The smallest absolute Gasteiger partial charge is 0.334 e. The first-order chi connectivity index (χ1) is 14.2. The first-order valence-corrected chi connectivity index (χ1v) is 8.76. The number of aliphatic hydroxyl groups is 1. The molecule has 1 aromatic carbocycles. The summed E-state index contributed by atoms with van der Waals surface area (Å²) in [4.78, 5) is 38.6. The van der Waals surface area contributed by atoms with Crippen LogP contribution in [0.3, 0.4) is 0 Å². The van der Waals surface area contributed by atoms with Gasteiger partial charge in [-0.25, -0.2) is 9.59 Å². The summed E-state index contributed by atoms with van der Waals surface area (Å²) in [6.07, 6.45) is 0.0217. The molecule has 3 amide bonds. The minimum absolute atomic E-state index is 0.142. The Balaban J connectivity index is 2.11. The lowest BCUT2D eigenvalue weighted by atomic mass is 10.1. The van der Waals surface area contributed by atoms with Crippen LogP contribution in [0.5, 0.6) is 0 Å². The maximum Gasteiger partial charge on any atom is 0.334 e. The zero-order valence-corrected chi connectivity index (χ0v) is 15.8. The highest BCUT2D eigenvalue weighted by molar-refractivity contribution is 5.85. The van der Waals surface area contributed by atoms with Crippen LogP contribution >= 0.6 is 0 Å². The highest BCUT2D eigenvalue weighted by atomic mass is 16.5. The SMILES string of the molecule is C=C(O)[C@H](NC(=O)N[C@@H](CC(N)=O)c1nc([C@@H](N)Cc2ccccc2)no1)C(=O)O. The molecule has 0 aliphatic heterocycles. The van der Waals surface area contributed by atoms with Gasteiger partial charge in [-0.15, -0.1) is 0 Å². The van der Waals surface area contributed by atoms with Crippen molar-refractivity contribution in [3.05, 3.63) is 59.9 Å². The van der Waals surface area contributed by atoms with Crippen LogP contribution in [0.25, 0.3) is 0 Å². The molecule has 0 spiro atoms. The molecule has 0 fully saturated rings. The number of amides is 3. The first kappa shape index (κ1) is 22.4. The van der Waals surface area contributed by atoms with Crippen molar-refractivity contribution in [3.8, 4) is 0 Å². The Labute approximate surface area is 170 Å². The minimum atomic E-state index is -1.75. The van der Waals surface area contributed by atoms with E-state index >= 15 is 0 Å². The molecule has 0 aliphatic carbocycles. The number of aliphatic carboxylic acids is 1. The monoisotopic (exact) mass is 418 g/mol. The number of aliphatic hydroxyl groups excluding tert-OH is 1. The number of carboxylic acids is 1. The number of carbonyl (C=O) groups excluding carboxylic acids is 2. The van der Waals surface area contributed by atoms with Crippen LogP contribution in [-0.4, -0.2) is 44.3 Å². The van der Waals surface area contributed by atoms with Crippen molar-refractivity contribution >= 4 is 17.9 Å². The third-order valence-electron chi connectivity index (χ3n) is 3.95. The van der Waals surface area contributed by atoms with E-state index in [0.717, 1.165) is 5.56 Å². The molecule has 0 bridgehead atoms. The fourth-order valence-electron chi connectivity index (χ4n) is 2.52. The standard InChI is InChI=1S/C18H22N6O6/c1-9(25)14(17(27)28)22-18(29)21-12(8-13(20)26)16-23-15(24-30-16)11(19)7-10-5-3-2-4-6-10/h2-6,11-12,14,25H,1,7-8,19H2,(H2,20,26)(H,27,28)(H2,21,22,29)/t11-,12-,14-/m0/s1. The van der Waals surface area contributed by atoms with E-state index in [4.69, 9.17) is 21.1 Å². The van der Waals surface area contributed by atoms with E-state index < -0.39 is 48.2 Å². The largest absolute Gasteiger partial charge is 0.510 e. The van der Waals surface area contributed by atoms with Gasteiger partial charge in [0, 0.05) is 0 Å². The lowest BCUT2D eigenvalue weighted by Gasteiger charge is -2.17. The fraction of sp³-hybridized carbons (Fsp3) is 0.278. The third kappa shape index (κ3) is 6.31. The predicted molar refractivity (Wildman–Crippen MR) is 103 cm³/mol. The molecule has 30 heavy (non-hydrogen) atoms. The number of carbonyl (C=O) groups is 3. The summed E-state index contributed by atoms with van der Waals surface area (Å²) < 4.78 is 5.11. The van der Waals surface area contributed by atoms with Gasteiger partial charge in [-0.3, -0.25) is 4.79 Å². The fourth-order valence-corrected chi connectivity index (χ4v) is 2.52. The lowest BCUT2D eigenvalue weighted by Crippen LogP contribution is -2.48. The summed E-state index contributed by atoms with van der Waals surface area (Å²) >= 11 is 0. The Morgan fingerprint density at radius 1 is 1.17 bits per heavy atom. The summed E-state index contributed by atoms with van der Waals surface area (Å²) in [6.45, 7) is 3.08. The van der Waals surface area contributed by atoms with Crippen LogP contribution in [0, 0.1) is 0 Å². The molecule has 8 N–H and O–H groups in total. The van der Waals surface area contributed by atoms with Gasteiger partial charge in [-0.2, -0.15) is 4.98 Å². The van der Waals surface area contributed by atoms with Gasteiger partial charge in [0.1, 0.15) is 11.8 Å². The van der Waals surface area contributed by atoms with Gasteiger partial charge in [0.15, 0.2) is 11.9 Å². The molecule has 2 aromatic rings. The van der Waals surface area contributed by atoms with Gasteiger partial charge in [0.25, 0.3) is 0 Å². The van der Waals surface area contributed by atoms with Gasteiger partial charge in [0.05, 0.1) is 12.5 Å². The maximum atomic E-state index is 12.1. The molecule has 0 unspecified atom stereocenters. The number of benzene rings is 1. The van der Waals surface area contributed by atoms with Crippen LogP contribution in [0.1, 0.15) is 35.8 Å². The number of hydrogen-bond acceptors (Lipinski definition) is 8. The second-order valence-electron chi connectivity index (χ2n) is 6.39. The number of nitrogens with zero attached hydrogens (tertiary/aromatic N) is 2. The Kier molecular flexibility index (Phi) is 7.47. The van der Waals surface area contributed by atoms with E-state index in [1.54, 1.807) is 0 Å². The Hall–Kier alpha value is -3.93. The van der Waals surface area contributed by atoms with Crippen LogP contribution < -0.4 is 22.1 Å². The zero-order valence-electron chi connectivity index (χ0n) is 15.8. The maximum absolute atomic E-state index is 12.1. The number of aromatic nitrogens is 2. The molecule has 2 rings (SSSR count). The van der Waals surface area contributed by atoms with Crippen LogP contribution in [0.4, 0.5) is 4.79 Å². The topological polar surface area (TPSA) is 207 Å². The third-order valence-corrected chi connectivity index (χ3v) is 3.95. The van der Waals surface area contributed by atoms with Crippen molar-refractivity contribution in [1.82, 2.24) is 20.8 Å². The van der Waals surface area contributed by atoms with Crippen LogP contribution in [0.15, 0.2) is 47.2 Å². The van der Waals surface area contributed by atoms with Crippen molar-refractivity contribution in [1.29, 1.82) is 0 Å². The van der Waals surface area contributed by atoms with Crippen LogP contribution in [0.2, 0.25) is 0 Å². The number of urea groups is 1. The highest BCUT2D eigenvalue weighted by Crippen LogP contribution is 2.19. The molecule has 0 radical (unpaired) electrons. The summed E-state index contributed by atoms with van der Waals surface area (Å²) in [5.74, 6) is -3.09. The molecule has 12 heteroatoms. The van der Waals surface area contributed by atoms with Crippen molar-refractivity contribution in [3.63, 3.8) is 0 Å². The van der Waals surface area contributed by atoms with E-state index in [9.17, 15) is 19.5 Å². The van der Waals surface area contributed by atoms with E-state index in [1.165, 1.54) is 0 Å². The highest BCUT2D eigenvalue weighted by Gasteiger charge is 2.28. The Morgan fingerprint density at radius 2 is 1.83 bits per heavy atom. The van der Waals surface area contributed by atoms with E-state index in [0.29, 0.717) is 6.42 Å². The summed E-state index contributed by atoms with van der Waals surface area (Å²) in [7, 11) is 0. The van der Waals surface area contributed by atoms with E-state index in [-0.39, 0.29) is 11.7 Å². The summed E-state index contributed by atoms with van der Waals surface area (Å²) in [5.41, 5.74) is 12.2. The predicted octanol–water partition coefficient (Wildman–Crippen LogP) is 0.0527. The molecular weight excluding hydrogens is 396 g/mol. The lowest BCUT2D eigenvalue weighted by molar-refractivity contribution is -0.138. The minimum Gasteiger partial charge on any atom is -0.510 e. The number of carboxylic acid groups (broad SMARTS) is 1. The molecule has 0 saturated carbocycles. The summed E-state index contributed by atoms with van der Waals surface area (Å²) in [5, 5.41) is 26.3. The molecule has 1 aromatic heterocycles. The number of hydrogen-bond donors (Lipinski definition) is 6. The average Bonchev–Trinajstić information content (AvgIpc) is 3.16.